The van der Waals surface area contributed by atoms with Crippen molar-refractivity contribution in [3.63, 3.8) is 0 Å². The van der Waals surface area contributed by atoms with E-state index in [1.54, 1.807) is 39.4 Å². The van der Waals surface area contributed by atoms with Crippen LogP contribution in [0.15, 0.2) is 35.5 Å². The van der Waals surface area contributed by atoms with Crippen LogP contribution < -0.4 is 10.6 Å². The molecule has 0 radical (unpaired) electrons. The zero-order valence-corrected chi connectivity index (χ0v) is 20.7. The molecule has 3 rings (SSSR count). The van der Waals surface area contributed by atoms with E-state index in [-0.39, 0.29) is 23.3 Å². The van der Waals surface area contributed by atoms with Gasteiger partial charge < -0.3 is 25.1 Å². The first-order valence-corrected chi connectivity index (χ1v) is 11.5. The molecule has 2 heterocycles. The van der Waals surface area contributed by atoms with Gasteiger partial charge in [-0.1, -0.05) is 39.0 Å². The number of carbonyl (C=O) groups excluding carboxylic acids is 1. The van der Waals surface area contributed by atoms with Crippen molar-refractivity contribution in [3.8, 4) is 5.75 Å². The van der Waals surface area contributed by atoms with Gasteiger partial charge >= 0.3 is 0 Å². The van der Waals surface area contributed by atoms with E-state index in [9.17, 15) is 9.90 Å². The second kappa shape index (κ2) is 10.1. The molecule has 2 aromatic heterocycles. The maximum Gasteiger partial charge on any atom is 0.257 e. The summed E-state index contributed by atoms with van der Waals surface area (Å²) in [5.74, 6) is 1.73. The number of hydrogen-bond acceptors (Lipinski definition) is 8. The Morgan fingerprint density at radius 1 is 1.27 bits per heavy atom. The second-order valence-electron chi connectivity index (χ2n) is 8.49. The van der Waals surface area contributed by atoms with Crippen molar-refractivity contribution in [2.75, 3.05) is 24.7 Å². The summed E-state index contributed by atoms with van der Waals surface area (Å²) in [7, 11) is 3.28. The Bertz CT molecular complexity index is 1150. The van der Waals surface area contributed by atoms with Gasteiger partial charge in [-0.2, -0.15) is 8.75 Å². The molecule has 3 N–H and O–H groups in total. The summed E-state index contributed by atoms with van der Waals surface area (Å²) >= 11 is 1.05. The number of rotatable bonds is 9. The molecule has 1 amide bonds. The van der Waals surface area contributed by atoms with E-state index in [0.717, 1.165) is 29.5 Å². The average Bonchev–Trinajstić information content (AvgIpc) is 3.42. The lowest BCUT2D eigenvalue weighted by molar-refractivity contribution is 0.0824. The smallest absolute Gasteiger partial charge is 0.257 e. The summed E-state index contributed by atoms with van der Waals surface area (Å²) in [6.07, 6.45) is 2.56. The lowest BCUT2D eigenvalue weighted by Gasteiger charge is -2.19. The molecule has 0 saturated carbocycles. The molecule has 0 aliphatic rings. The van der Waals surface area contributed by atoms with Gasteiger partial charge in [0, 0.05) is 14.1 Å². The molecule has 3 aromatic rings. The molecule has 1 atom stereocenters. The largest absolute Gasteiger partial charge is 0.505 e. The van der Waals surface area contributed by atoms with E-state index in [0.29, 0.717) is 34.4 Å². The molecule has 33 heavy (non-hydrogen) atoms. The van der Waals surface area contributed by atoms with Crippen LogP contribution in [-0.2, 0) is 0 Å². The molecule has 0 aliphatic heterocycles. The second-order valence-corrected chi connectivity index (χ2v) is 9.02. The van der Waals surface area contributed by atoms with E-state index < -0.39 is 0 Å². The summed E-state index contributed by atoms with van der Waals surface area (Å²) < 4.78 is 14.5. The Labute approximate surface area is 198 Å². The lowest BCUT2D eigenvalue weighted by atomic mass is 9.98. The van der Waals surface area contributed by atoms with Crippen LogP contribution in [0.3, 0.4) is 0 Å². The molecule has 1 aromatic carbocycles. The number of allylic oxidation sites excluding steroid dienone is 1. The normalized spacial score (nSPS) is 12.0. The molecule has 0 unspecified atom stereocenters. The predicted molar refractivity (Wildman–Crippen MR) is 133 cm³/mol. The number of phenolic OH excluding ortho intramolecular Hbond substituents is 1. The van der Waals surface area contributed by atoms with E-state index in [4.69, 9.17) is 4.42 Å². The molecule has 0 fully saturated rings. The average molecular weight is 470 g/mol. The maximum atomic E-state index is 12.8. The minimum absolute atomic E-state index is 0.0905. The van der Waals surface area contributed by atoms with Crippen LogP contribution in [0, 0.1) is 0 Å². The molecule has 176 valence electrons. The number of amides is 1. The van der Waals surface area contributed by atoms with Crippen LogP contribution in [0.4, 0.5) is 17.3 Å². The highest BCUT2D eigenvalue weighted by atomic mass is 32.1. The Hall–Kier alpha value is -3.33. The third-order valence-corrected chi connectivity index (χ3v) is 5.90. The van der Waals surface area contributed by atoms with Gasteiger partial charge in [-0.15, -0.1) is 0 Å². The zero-order chi connectivity index (χ0) is 24.3. The van der Waals surface area contributed by atoms with Crippen LogP contribution in [0.2, 0.25) is 0 Å². The highest BCUT2D eigenvalue weighted by Crippen LogP contribution is 2.37. The van der Waals surface area contributed by atoms with Crippen LogP contribution in [-0.4, -0.2) is 38.8 Å². The van der Waals surface area contributed by atoms with Crippen LogP contribution in [0.1, 0.15) is 73.3 Å². The van der Waals surface area contributed by atoms with Crippen molar-refractivity contribution in [2.24, 2.45) is 0 Å². The van der Waals surface area contributed by atoms with E-state index in [2.05, 4.69) is 52.8 Å². The van der Waals surface area contributed by atoms with E-state index in [1.165, 1.54) is 4.90 Å². The SMILES string of the molecule is C=C(C)c1ccc(Nc2nsnc2N[C@H](CC)c2cc(C(C)C)co2)c(O)c1C(=O)N(C)C. The van der Waals surface area contributed by atoms with E-state index in [1.807, 2.05) is 0 Å². The minimum atomic E-state index is -0.311. The molecular formula is C24H31N5O3S. The van der Waals surface area contributed by atoms with Gasteiger partial charge in [0.15, 0.2) is 17.4 Å². The third kappa shape index (κ3) is 5.19. The highest BCUT2D eigenvalue weighted by molar-refractivity contribution is 6.99. The number of anilines is 3. The molecule has 0 aliphatic carbocycles. The predicted octanol–water partition coefficient (Wildman–Crippen LogP) is 6.00. The Kier molecular flexibility index (Phi) is 7.43. The van der Waals surface area contributed by atoms with Crippen molar-refractivity contribution in [2.45, 2.75) is 46.1 Å². The van der Waals surface area contributed by atoms with Crippen LogP contribution in [0.25, 0.3) is 5.57 Å². The fourth-order valence-electron chi connectivity index (χ4n) is 3.37. The number of nitrogens with one attached hydrogen (secondary N) is 2. The first kappa shape index (κ1) is 24.3. The lowest BCUT2D eigenvalue weighted by Crippen LogP contribution is -2.23. The number of carbonyl (C=O) groups is 1. The van der Waals surface area contributed by atoms with Gasteiger partial charge in [0.05, 0.1) is 35.3 Å². The fourth-order valence-corrected chi connectivity index (χ4v) is 3.85. The number of phenols is 1. The third-order valence-electron chi connectivity index (χ3n) is 5.37. The van der Waals surface area contributed by atoms with Crippen molar-refractivity contribution in [1.29, 1.82) is 0 Å². The number of furan rings is 1. The van der Waals surface area contributed by atoms with Gasteiger partial charge in [-0.25, -0.2) is 0 Å². The van der Waals surface area contributed by atoms with Crippen molar-refractivity contribution < 1.29 is 14.3 Å². The molecule has 0 saturated heterocycles. The number of nitrogens with zero attached hydrogens (tertiary/aromatic N) is 3. The van der Waals surface area contributed by atoms with Crippen LogP contribution in [0.5, 0.6) is 5.75 Å². The summed E-state index contributed by atoms with van der Waals surface area (Å²) in [5.41, 5.74) is 2.97. The first-order chi connectivity index (χ1) is 15.6. The van der Waals surface area contributed by atoms with Gasteiger partial charge in [-0.05, 0) is 42.5 Å². The quantitative estimate of drug-likeness (QED) is 0.330. The minimum Gasteiger partial charge on any atom is -0.505 e. The topological polar surface area (TPSA) is 104 Å². The summed E-state index contributed by atoms with van der Waals surface area (Å²) in [6, 6.07) is 5.43. The first-order valence-electron chi connectivity index (χ1n) is 10.8. The van der Waals surface area contributed by atoms with E-state index >= 15 is 0 Å². The number of hydrogen-bond donors (Lipinski definition) is 3. The number of aromatic hydroxyl groups is 1. The number of aromatic nitrogens is 2. The Morgan fingerprint density at radius 3 is 2.55 bits per heavy atom. The Morgan fingerprint density at radius 2 is 1.97 bits per heavy atom. The summed E-state index contributed by atoms with van der Waals surface area (Å²) in [6.45, 7) is 12.0. The van der Waals surface area contributed by atoms with Crippen molar-refractivity contribution in [3.05, 3.63) is 53.5 Å². The molecular weight excluding hydrogens is 438 g/mol. The standard InChI is InChI=1S/C24H31N5O3S/c1-8-17(19-11-15(12-32-19)13(2)3)25-22-23(28-33-27-22)26-18-10-9-16(14(4)5)20(21(18)30)24(31)29(6)7/h9-13,17,30H,4,8H2,1-3,5-7H3,(H,25,27)(H,26,28)/t17-/m1/s1. The number of benzene rings is 1. The maximum absolute atomic E-state index is 12.8. The highest BCUT2D eigenvalue weighted by Gasteiger charge is 2.23. The molecule has 9 heteroatoms. The summed E-state index contributed by atoms with van der Waals surface area (Å²) in [5, 5.41) is 17.5. The van der Waals surface area contributed by atoms with Gasteiger partial charge in [0.25, 0.3) is 5.91 Å². The fraction of sp³-hybridized carbons (Fsp3) is 0.375. The van der Waals surface area contributed by atoms with Gasteiger partial charge in [0.2, 0.25) is 0 Å². The Balaban J connectivity index is 1.90. The van der Waals surface area contributed by atoms with Crippen molar-refractivity contribution in [1.82, 2.24) is 13.6 Å². The monoisotopic (exact) mass is 469 g/mol. The van der Waals surface area contributed by atoms with Gasteiger partial charge in [-0.3, -0.25) is 4.79 Å². The summed E-state index contributed by atoms with van der Waals surface area (Å²) in [4.78, 5) is 14.2. The van der Waals surface area contributed by atoms with Gasteiger partial charge in [0.1, 0.15) is 5.76 Å². The van der Waals surface area contributed by atoms with Crippen LogP contribution >= 0.6 is 11.7 Å². The molecule has 0 spiro atoms. The van der Waals surface area contributed by atoms with Crippen molar-refractivity contribution >= 4 is 40.5 Å². The zero-order valence-electron chi connectivity index (χ0n) is 19.9. The molecule has 8 nitrogen and oxygen atoms in total. The molecule has 0 bridgehead atoms.